The smallest absolute Gasteiger partial charge is 0.123 e. The summed E-state index contributed by atoms with van der Waals surface area (Å²) in [6.07, 6.45) is 5.61. The van der Waals surface area contributed by atoms with Crippen LogP contribution in [0.5, 0.6) is 0 Å². The van der Waals surface area contributed by atoms with Gasteiger partial charge in [0.1, 0.15) is 5.82 Å². The van der Waals surface area contributed by atoms with Crippen molar-refractivity contribution in [3.05, 3.63) is 47.9 Å². The maximum absolute atomic E-state index is 12.8. The predicted molar refractivity (Wildman–Crippen MR) is 66.9 cm³/mol. The van der Waals surface area contributed by atoms with Gasteiger partial charge in [0.15, 0.2) is 0 Å². The molecule has 0 bridgehead atoms. The van der Waals surface area contributed by atoms with E-state index >= 15 is 0 Å². The summed E-state index contributed by atoms with van der Waals surface area (Å²) < 4.78 is 12.8. The molecule has 2 rings (SSSR count). The van der Waals surface area contributed by atoms with E-state index in [9.17, 15) is 4.39 Å². The van der Waals surface area contributed by atoms with Crippen molar-refractivity contribution in [3.8, 4) is 11.3 Å². The summed E-state index contributed by atoms with van der Waals surface area (Å²) in [6.45, 7) is 0. The number of nitrogens with zero attached hydrogens (tertiary/aromatic N) is 1. The SMILES string of the molecule is Fc1ccc(-c2[nH]ncc2C=CCS)cc1. The van der Waals surface area contributed by atoms with Crippen LogP contribution in [-0.2, 0) is 0 Å². The molecule has 0 spiro atoms. The van der Waals surface area contributed by atoms with Gasteiger partial charge in [-0.25, -0.2) is 4.39 Å². The molecule has 1 aromatic heterocycles. The molecule has 0 radical (unpaired) electrons. The molecule has 0 aliphatic rings. The third kappa shape index (κ3) is 2.33. The van der Waals surface area contributed by atoms with Gasteiger partial charge in [-0.15, -0.1) is 0 Å². The van der Waals surface area contributed by atoms with Crippen LogP contribution in [0.4, 0.5) is 4.39 Å². The molecule has 0 fully saturated rings. The number of thiol groups is 1. The Morgan fingerprint density at radius 1 is 1.31 bits per heavy atom. The van der Waals surface area contributed by atoms with Gasteiger partial charge in [0.2, 0.25) is 0 Å². The Labute approximate surface area is 98.6 Å². The van der Waals surface area contributed by atoms with Crippen molar-refractivity contribution in [2.24, 2.45) is 0 Å². The van der Waals surface area contributed by atoms with Gasteiger partial charge < -0.3 is 0 Å². The largest absolute Gasteiger partial charge is 0.277 e. The van der Waals surface area contributed by atoms with E-state index in [1.165, 1.54) is 12.1 Å². The maximum Gasteiger partial charge on any atom is 0.123 e. The molecule has 82 valence electrons. The van der Waals surface area contributed by atoms with E-state index in [1.807, 2.05) is 12.2 Å². The number of hydrogen-bond donors (Lipinski definition) is 2. The number of rotatable bonds is 3. The van der Waals surface area contributed by atoms with Crippen LogP contribution in [0.25, 0.3) is 17.3 Å². The molecule has 0 amide bonds. The normalized spacial score (nSPS) is 11.1. The second kappa shape index (κ2) is 4.99. The summed E-state index contributed by atoms with van der Waals surface area (Å²) in [6, 6.07) is 6.31. The van der Waals surface area contributed by atoms with E-state index in [0.29, 0.717) is 5.75 Å². The molecule has 0 aliphatic heterocycles. The topological polar surface area (TPSA) is 28.7 Å². The molecule has 2 nitrogen and oxygen atoms in total. The zero-order valence-electron chi connectivity index (χ0n) is 8.52. The van der Waals surface area contributed by atoms with Gasteiger partial charge in [0.05, 0.1) is 11.9 Å². The molecule has 0 unspecified atom stereocenters. The van der Waals surface area contributed by atoms with Crippen molar-refractivity contribution < 1.29 is 4.39 Å². The lowest BCUT2D eigenvalue weighted by Crippen LogP contribution is -1.82. The number of benzene rings is 1. The molecular formula is C12H11FN2S. The summed E-state index contributed by atoms with van der Waals surface area (Å²) in [4.78, 5) is 0. The summed E-state index contributed by atoms with van der Waals surface area (Å²) in [5.41, 5.74) is 2.77. The van der Waals surface area contributed by atoms with E-state index < -0.39 is 0 Å². The average molecular weight is 234 g/mol. The Balaban J connectivity index is 2.36. The van der Waals surface area contributed by atoms with Crippen molar-refractivity contribution in [2.45, 2.75) is 0 Å². The summed E-state index contributed by atoms with van der Waals surface area (Å²) in [5, 5.41) is 6.88. The van der Waals surface area contributed by atoms with Crippen LogP contribution in [0, 0.1) is 5.82 Å². The van der Waals surface area contributed by atoms with Crippen molar-refractivity contribution in [1.29, 1.82) is 0 Å². The van der Waals surface area contributed by atoms with Crippen molar-refractivity contribution in [3.63, 3.8) is 0 Å². The highest BCUT2D eigenvalue weighted by molar-refractivity contribution is 7.80. The summed E-state index contributed by atoms with van der Waals surface area (Å²) >= 11 is 4.10. The molecular weight excluding hydrogens is 223 g/mol. The fraction of sp³-hybridized carbons (Fsp3) is 0.0833. The quantitative estimate of drug-likeness (QED) is 0.785. The third-order valence-corrected chi connectivity index (χ3v) is 2.42. The fourth-order valence-electron chi connectivity index (χ4n) is 1.45. The molecule has 0 saturated heterocycles. The van der Waals surface area contributed by atoms with E-state index in [4.69, 9.17) is 0 Å². The average Bonchev–Trinajstić information content (AvgIpc) is 2.75. The van der Waals surface area contributed by atoms with Gasteiger partial charge in [0.25, 0.3) is 0 Å². The van der Waals surface area contributed by atoms with Crippen LogP contribution < -0.4 is 0 Å². The van der Waals surface area contributed by atoms with E-state index in [1.54, 1.807) is 18.3 Å². The highest BCUT2D eigenvalue weighted by Crippen LogP contribution is 2.22. The maximum atomic E-state index is 12.8. The first-order valence-electron chi connectivity index (χ1n) is 4.88. The molecule has 0 atom stereocenters. The molecule has 1 aromatic carbocycles. The molecule has 2 aromatic rings. The van der Waals surface area contributed by atoms with Gasteiger partial charge in [0, 0.05) is 16.9 Å². The molecule has 16 heavy (non-hydrogen) atoms. The van der Waals surface area contributed by atoms with Crippen LogP contribution in [0.3, 0.4) is 0 Å². The van der Waals surface area contributed by atoms with Crippen molar-refractivity contribution in [2.75, 3.05) is 5.75 Å². The zero-order chi connectivity index (χ0) is 11.4. The molecule has 0 aliphatic carbocycles. The monoisotopic (exact) mass is 234 g/mol. The first-order valence-corrected chi connectivity index (χ1v) is 5.51. The van der Waals surface area contributed by atoms with Gasteiger partial charge in [-0.1, -0.05) is 12.2 Å². The first kappa shape index (κ1) is 11.0. The second-order valence-electron chi connectivity index (χ2n) is 3.29. The Bertz CT molecular complexity index is 488. The lowest BCUT2D eigenvalue weighted by molar-refractivity contribution is 0.628. The summed E-state index contributed by atoms with van der Waals surface area (Å²) in [7, 11) is 0. The standard InChI is InChI=1S/C12H11FN2S/c13-11-5-3-9(4-6-11)12-10(2-1-7-16)8-14-15-12/h1-6,8,16H,7H2,(H,14,15). The highest BCUT2D eigenvalue weighted by atomic mass is 32.1. The van der Waals surface area contributed by atoms with Crippen molar-refractivity contribution in [1.82, 2.24) is 10.2 Å². The van der Waals surface area contributed by atoms with Crippen LogP contribution in [0.1, 0.15) is 5.56 Å². The van der Waals surface area contributed by atoms with Gasteiger partial charge in [-0.05, 0) is 24.3 Å². The Morgan fingerprint density at radius 3 is 2.75 bits per heavy atom. The van der Waals surface area contributed by atoms with E-state index in [2.05, 4.69) is 22.8 Å². The Hall–Kier alpha value is -1.55. The number of hydrogen-bond acceptors (Lipinski definition) is 2. The van der Waals surface area contributed by atoms with E-state index in [0.717, 1.165) is 16.8 Å². The minimum Gasteiger partial charge on any atom is -0.277 e. The third-order valence-electron chi connectivity index (χ3n) is 2.20. The van der Waals surface area contributed by atoms with Crippen molar-refractivity contribution >= 4 is 18.7 Å². The van der Waals surface area contributed by atoms with Gasteiger partial charge >= 0.3 is 0 Å². The molecule has 1 heterocycles. The highest BCUT2D eigenvalue weighted by Gasteiger charge is 2.04. The van der Waals surface area contributed by atoms with Crippen LogP contribution in [0.15, 0.2) is 36.5 Å². The van der Waals surface area contributed by atoms with Gasteiger partial charge in [-0.2, -0.15) is 17.7 Å². The van der Waals surface area contributed by atoms with Gasteiger partial charge in [-0.3, -0.25) is 5.10 Å². The number of aromatic nitrogens is 2. The zero-order valence-corrected chi connectivity index (χ0v) is 9.42. The van der Waals surface area contributed by atoms with E-state index in [-0.39, 0.29) is 5.82 Å². The van der Waals surface area contributed by atoms with Crippen LogP contribution in [-0.4, -0.2) is 16.0 Å². The molecule has 1 N–H and O–H groups in total. The van der Waals surface area contributed by atoms with Crippen LogP contribution in [0.2, 0.25) is 0 Å². The second-order valence-corrected chi connectivity index (χ2v) is 3.66. The predicted octanol–water partition coefficient (Wildman–Crippen LogP) is 3.16. The number of H-pyrrole nitrogens is 1. The fourth-order valence-corrected chi connectivity index (χ4v) is 1.55. The number of aromatic amines is 1. The summed E-state index contributed by atoms with van der Waals surface area (Å²) in [5.74, 6) is 0.435. The molecule has 0 saturated carbocycles. The Kier molecular flexibility index (Phi) is 3.41. The van der Waals surface area contributed by atoms with Crippen LogP contribution >= 0.6 is 12.6 Å². The Morgan fingerprint density at radius 2 is 2.06 bits per heavy atom. The minimum absolute atomic E-state index is 0.240. The lowest BCUT2D eigenvalue weighted by atomic mass is 10.1. The lowest BCUT2D eigenvalue weighted by Gasteiger charge is -1.99. The molecule has 4 heteroatoms. The number of nitrogens with one attached hydrogen (secondary N) is 1. The number of halogens is 1. The first-order chi connectivity index (χ1) is 7.81. The minimum atomic E-state index is -0.240.